The van der Waals surface area contributed by atoms with Crippen molar-refractivity contribution in [2.75, 3.05) is 7.05 Å². The molecule has 0 radical (unpaired) electrons. The summed E-state index contributed by atoms with van der Waals surface area (Å²) in [5.41, 5.74) is 3.84. The number of carbonyl (C=O) groups is 1. The fraction of sp³-hybridized carbons (Fsp3) is 0.143. The van der Waals surface area contributed by atoms with Crippen LogP contribution in [0.5, 0.6) is 0 Å². The number of rotatable bonds is 2. The van der Waals surface area contributed by atoms with Gasteiger partial charge < -0.3 is 5.32 Å². The summed E-state index contributed by atoms with van der Waals surface area (Å²) in [6, 6.07) is 5.58. The fourth-order valence-electron chi connectivity index (χ4n) is 2.21. The topological polar surface area (TPSA) is 72.7 Å². The first-order valence-corrected chi connectivity index (χ1v) is 6.17. The molecule has 0 unspecified atom stereocenters. The minimum Gasteiger partial charge on any atom is -0.355 e. The molecule has 0 spiro atoms. The molecule has 0 atom stereocenters. The molecule has 100 valence electrons. The van der Waals surface area contributed by atoms with Crippen LogP contribution in [0.1, 0.15) is 15.9 Å². The average Bonchev–Trinajstić information content (AvgIpc) is 2.90. The fourth-order valence-corrected chi connectivity index (χ4v) is 2.21. The van der Waals surface area contributed by atoms with E-state index in [4.69, 9.17) is 0 Å². The zero-order valence-electron chi connectivity index (χ0n) is 11.2. The number of nitrogens with one attached hydrogen (secondary N) is 1. The summed E-state index contributed by atoms with van der Waals surface area (Å²) in [7, 11) is 1.62. The van der Waals surface area contributed by atoms with E-state index in [0.717, 1.165) is 22.4 Å². The van der Waals surface area contributed by atoms with E-state index in [1.165, 1.54) is 6.33 Å². The summed E-state index contributed by atoms with van der Waals surface area (Å²) >= 11 is 0. The largest absolute Gasteiger partial charge is 0.355 e. The number of aromatic nitrogens is 4. The van der Waals surface area contributed by atoms with E-state index in [0.29, 0.717) is 5.56 Å². The van der Waals surface area contributed by atoms with Crippen LogP contribution >= 0.6 is 0 Å². The molecule has 3 aromatic rings. The van der Waals surface area contributed by atoms with Crippen molar-refractivity contribution in [1.82, 2.24) is 24.8 Å². The number of hydrogen-bond donors (Lipinski definition) is 1. The number of carbonyl (C=O) groups excluding carboxylic acids is 1. The van der Waals surface area contributed by atoms with Crippen molar-refractivity contribution in [3.05, 3.63) is 48.2 Å². The maximum atomic E-state index is 11.9. The van der Waals surface area contributed by atoms with Gasteiger partial charge in [-0.3, -0.25) is 9.36 Å². The zero-order valence-corrected chi connectivity index (χ0v) is 11.2. The second kappa shape index (κ2) is 4.73. The standard InChI is InChI=1S/C14H13N5O/c1-9-10(14(20)15-2)4-3-5-12(9)19-8-18-11-6-16-7-17-13(11)19/h3-8H,1-2H3,(H,15,20). The van der Waals surface area contributed by atoms with E-state index < -0.39 is 0 Å². The highest BCUT2D eigenvalue weighted by atomic mass is 16.1. The molecule has 3 rings (SSSR count). The van der Waals surface area contributed by atoms with E-state index >= 15 is 0 Å². The first-order chi connectivity index (χ1) is 9.72. The van der Waals surface area contributed by atoms with Gasteiger partial charge >= 0.3 is 0 Å². The maximum Gasteiger partial charge on any atom is 0.251 e. The Labute approximate surface area is 115 Å². The first-order valence-electron chi connectivity index (χ1n) is 6.17. The summed E-state index contributed by atoms with van der Waals surface area (Å²) in [5.74, 6) is -0.108. The lowest BCUT2D eigenvalue weighted by molar-refractivity contribution is 0.0962. The van der Waals surface area contributed by atoms with Crippen molar-refractivity contribution in [2.24, 2.45) is 0 Å². The van der Waals surface area contributed by atoms with Crippen molar-refractivity contribution in [3.63, 3.8) is 0 Å². The van der Waals surface area contributed by atoms with Gasteiger partial charge in [0.1, 0.15) is 18.2 Å². The summed E-state index contributed by atoms with van der Waals surface area (Å²) < 4.78 is 1.86. The Balaban J connectivity index is 2.22. The van der Waals surface area contributed by atoms with Crippen LogP contribution in [0.4, 0.5) is 0 Å². The van der Waals surface area contributed by atoms with Crippen LogP contribution in [-0.4, -0.2) is 32.5 Å². The van der Waals surface area contributed by atoms with E-state index in [1.807, 2.05) is 23.6 Å². The van der Waals surface area contributed by atoms with Gasteiger partial charge in [0.25, 0.3) is 5.91 Å². The Morgan fingerprint density at radius 2 is 2.15 bits per heavy atom. The van der Waals surface area contributed by atoms with Crippen LogP contribution in [0, 0.1) is 6.92 Å². The molecule has 0 fully saturated rings. The molecule has 0 aliphatic carbocycles. The van der Waals surface area contributed by atoms with Gasteiger partial charge in [0.15, 0.2) is 5.65 Å². The molecule has 0 bridgehead atoms. The SMILES string of the molecule is CNC(=O)c1cccc(-n2cnc3cncnc32)c1C. The third-order valence-corrected chi connectivity index (χ3v) is 3.25. The summed E-state index contributed by atoms with van der Waals surface area (Å²) in [6.07, 6.45) is 4.84. The quantitative estimate of drug-likeness (QED) is 0.763. The minimum atomic E-state index is -0.108. The van der Waals surface area contributed by atoms with Crippen molar-refractivity contribution in [1.29, 1.82) is 0 Å². The lowest BCUT2D eigenvalue weighted by Gasteiger charge is -2.11. The molecule has 0 aliphatic rings. The molecule has 20 heavy (non-hydrogen) atoms. The van der Waals surface area contributed by atoms with Gasteiger partial charge in [-0.05, 0) is 24.6 Å². The van der Waals surface area contributed by atoms with Gasteiger partial charge in [-0.25, -0.2) is 15.0 Å². The third-order valence-electron chi connectivity index (χ3n) is 3.25. The molecular formula is C14H13N5O. The predicted octanol–water partition coefficient (Wildman–Crippen LogP) is 1.48. The Morgan fingerprint density at radius 3 is 2.95 bits per heavy atom. The number of amides is 1. The molecule has 1 aromatic carbocycles. The normalized spacial score (nSPS) is 10.7. The number of benzene rings is 1. The van der Waals surface area contributed by atoms with Gasteiger partial charge in [-0.2, -0.15) is 0 Å². The monoisotopic (exact) mass is 267 g/mol. The molecule has 0 saturated carbocycles. The van der Waals surface area contributed by atoms with Crippen molar-refractivity contribution in [2.45, 2.75) is 6.92 Å². The molecule has 2 aromatic heterocycles. The van der Waals surface area contributed by atoms with Crippen molar-refractivity contribution in [3.8, 4) is 5.69 Å². The zero-order chi connectivity index (χ0) is 14.1. The van der Waals surface area contributed by atoms with Crippen LogP contribution in [0.3, 0.4) is 0 Å². The van der Waals surface area contributed by atoms with E-state index in [1.54, 1.807) is 25.6 Å². The Morgan fingerprint density at radius 1 is 1.30 bits per heavy atom. The van der Waals surface area contributed by atoms with Gasteiger partial charge in [-0.1, -0.05) is 6.07 Å². The van der Waals surface area contributed by atoms with Crippen LogP contribution in [0.25, 0.3) is 16.9 Å². The van der Waals surface area contributed by atoms with Gasteiger partial charge in [-0.15, -0.1) is 0 Å². The minimum absolute atomic E-state index is 0.108. The van der Waals surface area contributed by atoms with E-state index in [2.05, 4.69) is 20.3 Å². The first kappa shape index (κ1) is 12.3. The molecule has 6 nitrogen and oxygen atoms in total. The Kier molecular flexibility index (Phi) is 2.90. The highest BCUT2D eigenvalue weighted by molar-refractivity contribution is 5.96. The van der Waals surface area contributed by atoms with Gasteiger partial charge in [0.2, 0.25) is 0 Å². The number of imidazole rings is 1. The predicted molar refractivity (Wildman–Crippen MR) is 74.8 cm³/mol. The Hall–Kier alpha value is -2.76. The van der Waals surface area contributed by atoms with Crippen LogP contribution in [0.2, 0.25) is 0 Å². The van der Waals surface area contributed by atoms with Gasteiger partial charge in [0, 0.05) is 12.6 Å². The lowest BCUT2D eigenvalue weighted by Crippen LogP contribution is -2.19. The Bertz CT molecular complexity index is 793. The molecular weight excluding hydrogens is 254 g/mol. The molecule has 2 heterocycles. The van der Waals surface area contributed by atoms with Crippen LogP contribution in [-0.2, 0) is 0 Å². The van der Waals surface area contributed by atoms with Crippen molar-refractivity contribution >= 4 is 17.1 Å². The second-order valence-electron chi connectivity index (χ2n) is 4.37. The highest BCUT2D eigenvalue weighted by Crippen LogP contribution is 2.21. The number of nitrogens with zero attached hydrogens (tertiary/aromatic N) is 4. The molecule has 0 aliphatic heterocycles. The van der Waals surface area contributed by atoms with E-state index in [-0.39, 0.29) is 5.91 Å². The van der Waals surface area contributed by atoms with Crippen LogP contribution < -0.4 is 5.32 Å². The molecule has 1 N–H and O–H groups in total. The number of fused-ring (bicyclic) bond motifs is 1. The summed E-state index contributed by atoms with van der Waals surface area (Å²) in [5, 5.41) is 2.64. The summed E-state index contributed by atoms with van der Waals surface area (Å²) in [6.45, 7) is 1.91. The highest BCUT2D eigenvalue weighted by Gasteiger charge is 2.13. The molecule has 6 heteroatoms. The van der Waals surface area contributed by atoms with E-state index in [9.17, 15) is 4.79 Å². The maximum absolute atomic E-state index is 11.9. The number of hydrogen-bond acceptors (Lipinski definition) is 4. The lowest BCUT2D eigenvalue weighted by atomic mass is 10.1. The molecule has 0 saturated heterocycles. The van der Waals surface area contributed by atoms with Gasteiger partial charge in [0.05, 0.1) is 11.9 Å². The molecule has 1 amide bonds. The summed E-state index contributed by atoms with van der Waals surface area (Å²) in [4.78, 5) is 24.3. The smallest absolute Gasteiger partial charge is 0.251 e. The second-order valence-corrected chi connectivity index (χ2v) is 4.37. The van der Waals surface area contributed by atoms with Crippen LogP contribution in [0.15, 0.2) is 37.1 Å². The third kappa shape index (κ3) is 1.82. The van der Waals surface area contributed by atoms with Crippen molar-refractivity contribution < 1.29 is 4.79 Å². The average molecular weight is 267 g/mol.